The summed E-state index contributed by atoms with van der Waals surface area (Å²) in [5.74, 6) is 1.78. The Morgan fingerprint density at radius 2 is 1.88 bits per heavy atom. The number of benzene rings is 2. The van der Waals surface area contributed by atoms with E-state index in [4.69, 9.17) is 19.6 Å². The summed E-state index contributed by atoms with van der Waals surface area (Å²) >= 11 is 0. The molecule has 3 aromatic rings. The number of ether oxygens (including phenoxy) is 1. The smallest absolute Gasteiger partial charge is 0.409 e. The molecule has 0 radical (unpaired) electrons. The van der Waals surface area contributed by atoms with Crippen LogP contribution in [0.4, 0.5) is 4.79 Å². The van der Waals surface area contributed by atoms with Gasteiger partial charge < -0.3 is 19.3 Å². The maximum absolute atomic E-state index is 12.2. The van der Waals surface area contributed by atoms with Crippen LogP contribution in [0.2, 0.25) is 0 Å². The molecule has 34 heavy (non-hydrogen) atoms. The standard InChI is InChI=1S/C26H31N3O2.CH2O2/c1-31-26(30)28-16-15-20-12-13-23-24(22(20)18-28)27-25(21-10-6-3-7-11-21)29(23)17-14-19-8-4-2-5-9-19;2-1-3/h2,4-5,8-9,12-13,21H,3,6-7,10-11,14-18H2,1H3;1H,(H,2,3). The number of aromatic nitrogens is 2. The van der Waals surface area contributed by atoms with Crippen LogP contribution in [0.5, 0.6) is 0 Å². The van der Waals surface area contributed by atoms with E-state index in [-0.39, 0.29) is 12.6 Å². The Hall–Kier alpha value is -3.35. The van der Waals surface area contributed by atoms with Crippen molar-refractivity contribution in [2.45, 2.75) is 64.0 Å². The number of amides is 1. The summed E-state index contributed by atoms with van der Waals surface area (Å²) in [5.41, 5.74) is 6.16. The molecule has 0 saturated heterocycles. The fraction of sp³-hybridized carbons (Fsp3) is 0.444. The molecular formula is C27H33N3O4. The van der Waals surface area contributed by atoms with E-state index >= 15 is 0 Å². The van der Waals surface area contributed by atoms with Gasteiger partial charge in [-0.15, -0.1) is 0 Å². The molecule has 2 aliphatic rings. The van der Waals surface area contributed by atoms with Crippen molar-refractivity contribution in [1.29, 1.82) is 0 Å². The fourth-order valence-corrected chi connectivity index (χ4v) is 5.32. The van der Waals surface area contributed by atoms with Crippen molar-refractivity contribution in [3.05, 3.63) is 65.0 Å². The van der Waals surface area contributed by atoms with Gasteiger partial charge in [0.25, 0.3) is 6.47 Å². The van der Waals surface area contributed by atoms with Gasteiger partial charge in [-0.05, 0) is 42.9 Å². The third-order valence-corrected chi connectivity index (χ3v) is 7.02. The monoisotopic (exact) mass is 463 g/mol. The molecule has 7 nitrogen and oxygen atoms in total. The summed E-state index contributed by atoms with van der Waals surface area (Å²) in [7, 11) is 1.46. The molecule has 7 heteroatoms. The minimum Gasteiger partial charge on any atom is -0.483 e. The summed E-state index contributed by atoms with van der Waals surface area (Å²) in [6, 6.07) is 15.2. The van der Waals surface area contributed by atoms with Crippen LogP contribution >= 0.6 is 0 Å². The van der Waals surface area contributed by atoms with Gasteiger partial charge in [0.15, 0.2) is 0 Å². The number of nitrogens with zero attached hydrogens (tertiary/aromatic N) is 3. The highest BCUT2D eigenvalue weighted by Crippen LogP contribution is 2.36. The summed E-state index contributed by atoms with van der Waals surface area (Å²) in [6.45, 7) is 1.97. The Morgan fingerprint density at radius 1 is 1.15 bits per heavy atom. The zero-order valence-corrected chi connectivity index (χ0v) is 19.8. The normalized spacial score (nSPS) is 15.9. The van der Waals surface area contributed by atoms with Crippen molar-refractivity contribution in [2.24, 2.45) is 0 Å². The van der Waals surface area contributed by atoms with Crippen molar-refractivity contribution in [2.75, 3.05) is 13.7 Å². The number of carboxylic acid groups (broad SMARTS) is 1. The van der Waals surface area contributed by atoms with E-state index in [2.05, 4.69) is 47.0 Å². The molecule has 5 rings (SSSR count). The molecule has 1 aliphatic heterocycles. The van der Waals surface area contributed by atoms with Crippen molar-refractivity contribution < 1.29 is 19.4 Å². The molecule has 0 spiro atoms. The average molecular weight is 464 g/mol. The topological polar surface area (TPSA) is 84.7 Å². The maximum atomic E-state index is 12.2. The van der Waals surface area contributed by atoms with Crippen LogP contribution in [0.1, 0.15) is 60.5 Å². The quantitative estimate of drug-likeness (QED) is 0.541. The van der Waals surface area contributed by atoms with Crippen molar-refractivity contribution in [3.8, 4) is 0 Å². The highest BCUT2D eigenvalue weighted by atomic mass is 16.5. The first-order chi connectivity index (χ1) is 16.7. The van der Waals surface area contributed by atoms with Gasteiger partial charge in [-0.2, -0.15) is 0 Å². The number of carbonyl (C=O) groups is 2. The predicted molar refractivity (Wildman–Crippen MR) is 131 cm³/mol. The van der Waals surface area contributed by atoms with Crippen molar-refractivity contribution in [1.82, 2.24) is 14.5 Å². The van der Waals surface area contributed by atoms with E-state index in [1.807, 2.05) is 0 Å². The summed E-state index contributed by atoms with van der Waals surface area (Å²) in [4.78, 5) is 27.6. The zero-order chi connectivity index (χ0) is 23.9. The SMILES string of the molecule is COC(=O)N1CCc2ccc3c(nc(C4CCCCC4)n3CCc3ccccc3)c2C1.O=CO. The Morgan fingerprint density at radius 3 is 2.59 bits per heavy atom. The molecule has 1 aromatic heterocycles. The first-order valence-corrected chi connectivity index (χ1v) is 12.1. The van der Waals surface area contributed by atoms with Gasteiger partial charge in [-0.25, -0.2) is 9.78 Å². The highest BCUT2D eigenvalue weighted by Gasteiger charge is 2.27. The Kier molecular flexibility index (Phi) is 7.83. The van der Waals surface area contributed by atoms with Crippen LogP contribution in [0.25, 0.3) is 11.0 Å². The third kappa shape index (κ3) is 5.08. The molecule has 0 bridgehead atoms. The first-order valence-electron chi connectivity index (χ1n) is 12.1. The van der Waals surface area contributed by atoms with E-state index < -0.39 is 0 Å². The van der Waals surface area contributed by atoms with Gasteiger partial charge >= 0.3 is 6.09 Å². The number of imidazole rings is 1. The van der Waals surface area contributed by atoms with Crippen LogP contribution in [-0.4, -0.2) is 45.8 Å². The molecule has 180 valence electrons. The van der Waals surface area contributed by atoms with E-state index in [1.54, 1.807) is 4.90 Å². The molecule has 0 atom stereocenters. The van der Waals surface area contributed by atoms with Crippen LogP contribution in [0, 0.1) is 0 Å². The number of rotatable bonds is 4. The summed E-state index contributed by atoms with van der Waals surface area (Å²) < 4.78 is 7.46. The number of aryl methyl sites for hydroxylation is 2. The van der Waals surface area contributed by atoms with Gasteiger partial charge in [0.05, 0.1) is 24.7 Å². The van der Waals surface area contributed by atoms with Gasteiger partial charge in [-0.1, -0.05) is 55.7 Å². The lowest BCUT2D eigenvalue weighted by Crippen LogP contribution is -2.35. The molecule has 2 heterocycles. The number of hydrogen-bond acceptors (Lipinski definition) is 4. The lowest BCUT2D eigenvalue weighted by atomic mass is 9.88. The molecule has 1 amide bonds. The number of methoxy groups -OCH3 is 1. The molecule has 1 N–H and O–H groups in total. The zero-order valence-electron chi connectivity index (χ0n) is 19.8. The second-order valence-electron chi connectivity index (χ2n) is 9.01. The number of hydrogen-bond donors (Lipinski definition) is 1. The average Bonchev–Trinajstić information content (AvgIpc) is 3.27. The second-order valence-corrected chi connectivity index (χ2v) is 9.01. The Bertz CT molecular complexity index is 1120. The van der Waals surface area contributed by atoms with Crippen molar-refractivity contribution in [3.63, 3.8) is 0 Å². The van der Waals surface area contributed by atoms with Gasteiger partial charge in [0.1, 0.15) is 5.82 Å². The minimum absolute atomic E-state index is 0.250. The van der Waals surface area contributed by atoms with Crippen molar-refractivity contribution >= 4 is 23.6 Å². The number of carbonyl (C=O) groups excluding carboxylic acids is 1. The van der Waals surface area contributed by atoms with Crippen LogP contribution < -0.4 is 0 Å². The molecule has 1 fully saturated rings. The largest absolute Gasteiger partial charge is 0.483 e. The fourth-order valence-electron chi connectivity index (χ4n) is 5.32. The maximum Gasteiger partial charge on any atom is 0.409 e. The van der Waals surface area contributed by atoms with E-state index in [1.165, 1.54) is 67.2 Å². The molecule has 1 aliphatic carbocycles. The summed E-state index contributed by atoms with van der Waals surface area (Å²) in [6.07, 6.45) is 7.98. The molecule has 1 saturated carbocycles. The molecule has 2 aromatic carbocycles. The molecule has 0 unspecified atom stereocenters. The predicted octanol–water partition coefficient (Wildman–Crippen LogP) is 5.15. The lowest BCUT2D eigenvalue weighted by Gasteiger charge is -2.27. The third-order valence-electron chi connectivity index (χ3n) is 7.02. The van der Waals surface area contributed by atoms with E-state index in [0.717, 1.165) is 24.9 Å². The Labute approximate surface area is 200 Å². The second kappa shape index (κ2) is 11.2. The van der Waals surface area contributed by atoms with Crippen LogP contribution in [0.3, 0.4) is 0 Å². The van der Waals surface area contributed by atoms with E-state index in [0.29, 0.717) is 19.0 Å². The first kappa shape index (κ1) is 23.8. The van der Waals surface area contributed by atoms with Crippen LogP contribution in [-0.2, 0) is 35.5 Å². The number of fused-ring (bicyclic) bond motifs is 3. The summed E-state index contributed by atoms with van der Waals surface area (Å²) in [5, 5.41) is 6.89. The van der Waals surface area contributed by atoms with Crippen LogP contribution in [0.15, 0.2) is 42.5 Å². The van der Waals surface area contributed by atoms with Gasteiger partial charge in [-0.3, -0.25) is 4.79 Å². The van der Waals surface area contributed by atoms with Gasteiger partial charge in [0, 0.05) is 24.6 Å². The highest BCUT2D eigenvalue weighted by molar-refractivity contribution is 5.82. The Balaban J connectivity index is 0.000000868. The lowest BCUT2D eigenvalue weighted by molar-refractivity contribution is -0.122. The molecular weight excluding hydrogens is 430 g/mol. The van der Waals surface area contributed by atoms with Gasteiger partial charge in [0.2, 0.25) is 0 Å². The minimum atomic E-state index is -0.251. The van der Waals surface area contributed by atoms with E-state index in [9.17, 15) is 4.79 Å².